The highest BCUT2D eigenvalue weighted by molar-refractivity contribution is 7.93. The largest absolute Gasteiger partial charge is 0.493 e. The molecule has 1 amide bonds. The van der Waals surface area contributed by atoms with Gasteiger partial charge >= 0.3 is 0 Å². The van der Waals surface area contributed by atoms with E-state index in [0.717, 1.165) is 16.9 Å². The number of nitrogens with one attached hydrogen (secondary N) is 1. The Labute approximate surface area is 179 Å². The van der Waals surface area contributed by atoms with Crippen LogP contribution in [0.15, 0.2) is 63.7 Å². The molecular formula is C21H21NO6S2. The van der Waals surface area contributed by atoms with Crippen molar-refractivity contribution in [1.29, 1.82) is 0 Å². The van der Waals surface area contributed by atoms with Crippen molar-refractivity contribution in [3.63, 3.8) is 0 Å². The lowest BCUT2D eigenvalue weighted by Gasteiger charge is -2.14. The summed E-state index contributed by atoms with van der Waals surface area (Å²) in [5.41, 5.74) is 0.742. The number of carbonyl (C=O) groups excluding carboxylic acids is 1. The van der Waals surface area contributed by atoms with Crippen LogP contribution in [0.4, 0.5) is 0 Å². The highest BCUT2D eigenvalue weighted by Gasteiger charge is 2.21. The van der Waals surface area contributed by atoms with Crippen LogP contribution in [0.3, 0.4) is 0 Å². The van der Waals surface area contributed by atoms with E-state index < -0.39 is 9.84 Å². The minimum absolute atomic E-state index is 0.117. The monoisotopic (exact) mass is 447 g/mol. The Bertz CT molecular complexity index is 1110. The number of ether oxygens (including phenoxy) is 3. The lowest BCUT2D eigenvalue weighted by Crippen LogP contribution is -2.21. The Morgan fingerprint density at radius 2 is 1.57 bits per heavy atom. The number of rotatable bonds is 8. The molecule has 3 aromatic rings. The summed E-state index contributed by atoms with van der Waals surface area (Å²) in [5, 5.41) is 2.78. The maximum absolute atomic E-state index is 12.7. The first-order valence-corrected chi connectivity index (χ1v) is 11.2. The van der Waals surface area contributed by atoms with Gasteiger partial charge in [-0.15, -0.1) is 11.3 Å². The number of sulfone groups is 1. The Hall–Kier alpha value is -3.04. The highest BCUT2D eigenvalue weighted by atomic mass is 32.2. The zero-order valence-electron chi connectivity index (χ0n) is 16.7. The fraction of sp³-hybridized carbons (Fsp3) is 0.190. The number of methoxy groups -OCH3 is 3. The minimum Gasteiger partial charge on any atom is -0.493 e. The summed E-state index contributed by atoms with van der Waals surface area (Å²) in [5.74, 6) is 1.05. The van der Waals surface area contributed by atoms with Crippen molar-refractivity contribution < 1.29 is 27.4 Å². The molecule has 0 atom stereocenters. The average Bonchev–Trinajstić information content (AvgIpc) is 3.28. The molecule has 30 heavy (non-hydrogen) atoms. The molecule has 0 aliphatic rings. The molecule has 1 aromatic heterocycles. The van der Waals surface area contributed by atoms with Crippen LogP contribution < -0.4 is 19.5 Å². The third kappa shape index (κ3) is 4.42. The number of carbonyl (C=O) groups is 1. The van der Waals surface area contributed by atoms with Gasteiger partial charge in [-0.3, -0.25) is 4.79 Å². The molecule has 0 fully saturated rings. The van der Waals surface area contributed by atoms with E-state index in [-0.39, 0.29) is 21.6 Å². The normalized spacial score (nSPS) is 11.0. The average molecular weight is 448 g/mol. The van der Waals surface area contributed by atoms with E-state index in [2.05, 4.69) is 5.32 Å². The van der Waals surface area contributed by atoms with Gasteiger partial charge in [0.05, 0.1) is 31.1 Å². The van der Waals surface area contributed by atoms with Crippen LogP contribution in [0.25, 0.3) is 0 Å². The van der Waals surface area contributed by atoms with Gasteiger partial charge in [0.15, 0.2) is 11.5 Å². The summed E-state index contributed by atoms with van der Waals surface area (Å²) < 4.78 is 41.4. The zero-order valence-corrected chi connectivity index (χ0v) is 18.3. The summed E-state index contributed by atoms with van der Waals surface area (Å²) in [6.07, 6.45) is 0. The van der Waals surface area contributed by atoms with Gasteiger partial charge in [-0.05, 0) is 42.0 Å². The first kappa shape index (κ1) is 21.7. The molecule has 7 nitrogen and oxygen atoms in total. The first-order chi connectivity index (χ1) is 14.4. The molecule has 9 heteroatoms. The summed E-state index contributed by atoms with van der Waals surface area (Å²) in [6, 6.07) is 14.5. The second kappa shape index (κ2) is 9.19. The zero-order chi connectivity index (χ0) is 21.7. The molecule has 3 rings (SSSR count). The molecule has 2 aromatic carbocycles. The Kier molecular flexibility index (Phi) is 6.63. The molecule has 0 aliphatic heterocycles. The second-order valence-corrected chi connectivity index (χ2v) is 9.41. The Balaban J connectivity index is 1.75. The molecule has 0 bridgehead atoms. The molecule has 1 N–H and O–H groups in total. The van der Waals surface area contributed by atoms with Gasteiger partial charge < -0.3 is 19.5 Å². The van der Waals surface area contributed by atoms with Crippen molar-refractivity contribution in [2.75, 3.05) is 21.3 Å². The van der Waals surface area contributed by atoms with Gasteiger partial charge in [0, 0.05) is 6.54 Å². The molecule has 0 spiro atoms. The Morgan fingerprint density at radius 3 is 2.13 bits per heavy atom. The summed E-state index contributed by atoms with van der Waals surface area (Å²) in [6.45, 7) is 0.203. The van der Waals surface area contributed by atoms with Crippen LogP contribution in [-0.2, 0) is 16.4 Å². The van der Waals surface area contributed by atoms with Crippen LogP contribution in [0.5, 0.6) is 17.2 Å². The third-order valence-electron chi connectivity index (χ3n) is 4.30. The predicted molar refractivity (Wildman–Crippen MR) is 113 cm³/mol. The van der Waals surface area contributed by atoms with E-state index in [0.29, 0.717) is 22.1 Å². The fourth-order valence-electron chi connectivity index (χ4n) is 2.81. The van der Waals surface area contributed by atoms with Crippen LogP contribution in [0.1, 0.15) is 15.2 Å². The molecule has 0 aliphatic carbocycles. The lowest BCUT2D eigenvalue weighted by atomic mass is 10.1. The number of benzene rings is 2. The molecule has 0 radical (unpaired) electrons. The SMILES string of the molecule is COc1cc(CNC(=O)c2ccc(S(=O)(=O)c3ccccc3)s2)cc(OC)c1OC. The van der Waals surface area contributed by atoms with Crippen molar-refractivity contribution in [3.05, 3.63) is 65.0 Å². The predicted octanol–water partition coefficient (Wildman–Crippen LogP) is 3.54. The maximum atomic E-state index is 12.7. The number of hydrogen-bond acceptors (Lipinski definition) is 7. The smallest absolute Gasteiger partial charge is 0.261 e. The van der Waals surface area contributed by atoms with Gasteiger partial charge in [-0.1, -0.05) is 18.2 Å². The standard InChI is InChI=1S/C21H21NO6S2/c1-26-16-11-14(12-17(27-2)20(16)28-3)13-22-21(23)18-9-10-19(29-18)30(24,25)15-7-5-4-6-8-15/h4-12H,13H2,1-3H3,(H,22,23). The van der Waals surface area contributed by atoms with E-state index in [1.54, 1.807) is 30.3 Å². The van der Waals surface area contributed by atoms with Crippen LogP contribution >= 0.6 is 11.3 Å². The molecule has 0 unspecified atom stereocenters. The molecule has 1 heterocycles. The van der Waals surface area contributed by atoms with E-state index in [1.165, 1.54) is 45.6 Å². The van der Waals surface area contributed by atoms with E-state index in [4.69, 9.17) is 14.2 Å². The van der Waals surface area contributed by atoms with Crippen LogP contribution in [-0.4, -0.2) is 35.7 Å². The van der Waals surface area contributed by atoms with Crippen molar-refractivity contribution >= 4 is 27.1 Å². The van der Waals surface area contributed by atoms with Gasteiger partial charge in [0.2, 0.25) is 15.6 Å². The number of hydrogen-bond donors (Lipinski definition) is 1. The summed E-state index contributed by atoms with van der Waals surface area (Å²) in [4.78, 5) is 13.0. The van der Waals surface area contributed by atoms with Gasteiger partial charge in [-0.2, -0.15) is 0 Å². The quantitative estimate of drug-likeness (QED) is 0.568. The minimum atomic E-state index is -3.65. The van der Waals surface area contributed by atoms with Gasteiger partial charge in [-0.25, -0.2) is 8.42 Å². The van der Waals surface area contributed by atoms with E-state index in [9.17, 15) is 13.2 Å². The lowest BCUT2D eigenvalue weighted by molar-refractivity contribution is 0.0955. The third-order valence-corrected chi connectivity index (χ3v) is 7.65. The topological polar surface area (TPSA) is 90.9 Å². The number of amides is 1. The summed E-state index contributed by atoms with van der Waals surface area (Å²) in [7, 11) is 0.888. The molecule has 0 saturated carbocycles. The van der Waals surface area contributed by atoms with Gasteiger partial charge in [0.1, 0.15) is 4.21 Å². The van der Waals surface area contributed by atoms with Crippen molar-refractivity contribution in [2.24, 2.45) is 0 Å². The van der Waals surface area contributed by atoms with Crippen molar-refractivity contribution in [1.82, 2.24) is 5.32 Å². The molecular weight excluding hydrogens is 426 g/mol. The Morgan fingerprint density at radius 1 is 0.933 bits per heavy atom. The van der Waals surface area contributed by atoms with E-state index in [1.807, 2.05) is 0 Å². The van der Waals surface area contributed by atoms with E-state index >= 15 is 0 Å². The van der Waals surface area contributed by atoms with Crippen LogP contribution in [0.2, 0.25) is 0 Å². The fourth-order valence-corrected chi connectivity index (χ4v) is 5.45. The molecule has 0 saturated heterocycles. The van der Waals surface area contributed by atoms with Gasteiger partial charge in [0.25, 0.3) is 5.91 Å². The van der Waals surface area contributed by atoms with Crippen molar-refractivity contribution in [2.45, 2.75) is 15.6 Å². The van der Waals surface area contributed by atoms with Crippen LogP contribution in [0, 0.1) is 0 Å². The first-order valence-electron chi connectivity index (χ1n) is 8.87. The van der Waals surface area contributed by atoms with Crippen molar-refractivity contribution in [3.8, 4) is 17.2 Å². The summed E-state index contributed by atoms with van der Waals surface area (Å²) >= 11 is 0.930. The molecule has 158 valence electrons. The second-order valence-electron chi connectivity index (χ2n) is 6.15. The maximum Gasteiger partial charge on any atom is 0.261 e. The highest BCUT2D eigenvalue weighted by Crippen LogP contribution is 2.38. The number of thiophene rings is 1.